The van der Waals surface area contributed by atoms with E-state index in [0.717, 1.165) is 36.8 Å². The van der Waals surface area contributed by atoms with Crippen molar-refractivity contribution in [3.63, 3.8) is 0 Å². The van der Waals surface area contributed by atoms with Gasteiger partial charge in [0.15, 0.2) is 0 Å². The molecule has 0 aliphatic carbocycles. The zero-order valence-corrected chi connectivity index (χ0v) is 20.4. The molecule has 8 nitrogen and oxygen atoms in total. The smallest absolute Gasteiger partial charge is 0.219 e. The van der Waals surface area contributed by atoms with Crippen LogP contribution in [0.3, 0.4) is 0 Å². The van der Waals surface area contributed by atoms with Gasteiger partial charge in [-0.3, -0.25) is 0 Å². The Morgan fingerprint density at radius 2 is 1.97 bits per heavy atom. The highest BCUT2D eigenvalue weighted by Crippen LogP contribution is 2.25. The van der Waals surface area contributed by atoms with Gasteiger partial charge in [0.25, 0.3) is 0 Å². The molecule has 1 aliphatic rings. The first-order chi connectivity index (χ1) is 16.2. The van der Waals surface area contributed by atoms with E-state index in [2.05, 4.69) is 28.5 Å². The largest absolute Gasteiger partial charge is 0.492 e. The van der Waals surface area contributed by atoms with Crippen LogP contribution in [0.5, 0.6) is 17.4 Å². The first-order valence-corrected chi connectivity index (χ1v) is 14.6. The van der Waals surface area contributed by atoms with Crippen molar-refractivity contribution in [3.8, 4) is 28.6 Å². The van der Waals surface area contributed by atoms with Gasteiger partial charge in [0.1, 0.15) is 24.8 Å². The Morgan fingerprint density at radius 3 is 2.70 bits per heavy atom. The third-order valence-corrected chi connectivity index (χ3v) is 6.69. The highest BCUT2D eigenvalue weighted by molar-refractivity contribution is 6.55. The van der Waals surface area contributed by atoms with Crippen LogP contribution >= 0.6 is 0 Å². The van der Waals surface area contributed by atoms with Gasteiger partial charge in [-0.1, -0.05) is 13.1 Å². The van der Waals surface area contributed by atoms with E-state index in [4.69, 9.17) is 18.9 Å². The Bertz CT molecular complexity index is 973. The highest BCUT2D eigenvalue weighted by Gasteiger charge is 2.13. The summed E-state index contributed by atoms with van der Waals surface area (Å²) >= 11 is 0. The van der Waals surface area contributed by atoms with E-state index in [9.17, 15) is 0 Å². The van der Waals surface area contributed by atoms with Crippen LogP contribution < -0.4 is 14.8 Å². The van der Waals surface area contributed by atoms with E-state index in [1.165, 1.54) is 6.04 Å². The van der Waals surface area contributed by atoms with Gasteiger partial charge in [-0.05, 0) is 42.4 Å². The zero-order chi connectivity index (χ0) is 22.9. The Hall–Kier alpha value is -2.72. The van der Waals surface area contributed by atoms with Crippen molar-refractivity contribution in [1.82, 2.24) is 20.1 Å². The van der Waals surface area contributed by atoms with Crippen LogP contribution in [0.15, 0.2) is 54.9 Å². The van der Waals surface area contributed by atoms with Gasteiger partial charge in [-0.25, -0.2) is 9.67 Å². The maximum Gasteiger partial charge on any atom is 0.219 e. The van der Waals surface area contributed by atoms with E-state index in [1.807, 2.05) is 47.1 Å². The molecule has 3 aromatic rings. The second-order valence-corrected chi connectivity index (χ2v) is 11.8. The Morgan fingerprint density at radius 1 is 1.12 bits per heavy atom. The maximum atomic E-state index is 5.89. The quantitative estimate of drug-likeness (QED) is 0.340. The number of benzene rings is 1. The Labute approximate surface area is 196 Å². The fourth-order valence-electron chi connectivity index (χ4n) is 3.39. The lowest BCUT2D eigenvalue weighted by atomic mass is 10.2. The summed E-state index contributed by atoms with van der Waals surface area (Å²) in [4.78, 5) is 4.46. The van der Waals surface area contributed by atoms with Gasteiger partial charge in [-0.2, -0.15) is 5.10 Å². The molecular weight excluding hydrogens is 436 g/mol. The van der Waals surface area contributed by atoms with Crippen LogP contribution in [0.25, 0.3) is 11.3 Å². The molecule has 0 saturated carbocycles. The number of hydrogen-bond acceptors (Lipinski definition) is 7. The molecule has 0 spiro atoms. The van der Waals surface area contributed by atoms with Crippen LogP contribution in [0.4, 0.5) is 0 Å². The number of rotatable bonds is 11. The number of hydrogen-bond donors (Lipinski definition) is 1. The lowest BCUT2D eigenvalue weighted by Gasteiger charge is -2.23. The van der Waals surface area contributed by atoms with Crippen molar-refractivity contribution in [2.24, 2.45) is 0 Å². The van der Waals surface area contributed by atoms with Crippen LogP contribution in [-0.2, 0) is 16.2 Å². The third-order valence-electron chi connectivity index (χ3n) is 5.30. The summed E-state index contributed by atoms with van der Waals surface area (Å²) in [7, 11) is -0.594. The van der Waals surface area contributed by atoms with E-state index in [-0.39, 0.29) is 6.04 Å². The molecule has 1 atom stereocenters. The maximum absolute atomic E-state index is 5.89. The fraction of sp³-hybridized carbons (Fsp3) is 0.417. The first kappa shape index (κ1) is 23.4. The molecule has 2 aromatic heterocycles. The molecule has 33 heavy (non-hydrogen) atoms. The predicted octanol–water partition coefficient (Wildman–Crippen LogP) is 3.57. The Kier molecular flexibility index (Phi) is 8.48. The van der Waals surface area contributed by atoms with E-state index in [0.29, 0.717) is 31.6 Å². The minimum absolute atomic E-state index is 0.224. The molecule has 1 aromatic carbocycles. The number of nitrogens with zero attached hydrogens (tertiary/aromatic N) is 3. The fourth-order valence-corrected chi connectivity index (χ4v) is 4.03. The van der Waals surface area contributed by atoms with E-state index < -0.39 is 8.80 Å². The normalized spacial score (nSPS) is 16.2. The van der Waals surface area contributed by atoms with Crippen molar-refractivity contribution in [2.75, 3.05) is 33.0 Å². The lowest BCUT2D eigenvalue weighted by molar-refractivity contribution is 0.0592. The van der Waals surface area contributed by atoms with Gasteiger partial charge in [0.05, 0.1) is 24.9 Å². The van der Waals surface area contributed by atoms with Gasteiger partial charge >= 0.3 is 0 Å². The van der Waals surface area contributed by atoms with E-state index in [1.54, 1.807) is 12.4 Å². The van der Waals surface area contributed by atoms with Crippen molar-refractivity contribution in [3.05, 3.63) is 54.9 Å². The molecule has 1 unspecified atom stereocenters. The van der Waals surface area contributed by atoms with Crippen LogP contribution in [0.1, 0.15) is 0 Å². The second kappa shape index (κ2) is 11.9. The molecule has 4 rings (SSSR count). The van der Waals surface area contributed by atoms with E-state index >= 15 is 0 Å². The SMILES string of the molecule is C[SiH](C)CCOCn1nccc1-c1ccc(Oc2ccc(OCC3COCCN3)cc2)nc1. The van der Waals surface area contributed by atoms with Crippen molar-refractivity contribution >= 4 is 8.80 Å². The number of pyridine rings is 1. The summed E-state index contributed by atoms with van der Waals surface area (Å²) in [6.07, 6.45) is 3.57. The van der Waals surface area contributed by atoms with Gasteiger partial charge in [0, 0.05) is 46.0 Å². The number of aromatic nitrogens is 3. The summed E-state index contributed by atoms with van der Waals surface area (Å²) in [6, 6.07) is 14.7. The standard InChI is InChI=1S/C24H32N4O4Si/c1-33(2)14-13-30-18-28-23(9-10-27-28)19-3-8-24(26-15-19)32-22-6-4-21(5-7-22)31-17-20-16-29-12-11-25-20/h3-10,15,20,25,33H,11-14,16-18H2,1-2H3. The topological polar surface area (TPSA) is 79.7 Å². The van der Waals surface area contributed by atoms with Gasteiger partial charge in [-0.15, -0.1) is 0 Å². The molecule has 1 fully saturated rings. The monoisotopic (exact) mass is 468 g/mol. The van der Waals surface area contributed by atoms with Crippen molar-refractivity contribution in [1.29, 1.82) is 0 Å². The molecule has 3 heterocycles. The van der Waals surface area contributed by atoms with Crippen LogP contribution in [0, 0.1) is 0 Å². The highest BCUT2D eigenvalue weighted by atomic mass is 28.3. The average Bonchev–Trinajstić information content (AvgIpc) is 3.31. The Balaban J connectivity index is 1.28. The van der Waals surface area contributed by atoms with Crippen LogP contribution in [0.2, 0.25) is 19.1 Å². The summed E-state index contributed by atoms with van der Waals surface area (Å²) in [6.45, 7) is 8.75. The minimum Gasteiger partial charge on any atom is -0.492 e. The first-order valence-electron chi connectivity index (χ1n) is 11.4. The lowest BCUT2D eigenvalue weighted by Crippen LogP contribution is -2.44. The molecule has 9 heteroatoms. The second-order valence-electron chi connectivity index (χ2n) is 8.43. The molecule has 1 saturated heterocycles. The van der Waals surface area contributed by atoms with Crippen molar-refractivity contribution in [2.45, 2.75) is 31.9 Å². The summed E-state index contributed by atoms with van der Waals surface area (Å²) in [5.41, 5.74) is 1.93. The third kappa shape index (κ3) is 7.13. The van der Waals surface area contributed by atoms with Gasteiger partial charge < -0.3 is 24.3 Å². The summed E-state index contributed by atoms with van der Waals surface area (Å²) < 4.78 is 24.8. The minimum atomic E-state index is -0.594. The summed E-state index contributed by atoms with van der Waals surface area (Å²) in [5.74, 6) is 2.03. The predicted molar refractivity (Wildman–Crippen MR) is 130 cm³/mol. The number of morpholine rings is 1. The zero-order valence-electron chi connectivity index (χ0n) is 19.3. The van der Waals surface area contributed by atoms with Crippen molar-refractivity contribution < 1.29 is 18.9 Å². The molecule has 1 aliphatic heterocycles. The summed E-state index contributed by atoms with van der Waals surface area (Å²) in [5, 5.41) is 7.75. The molecular formula is C24H32N4O4Si. The number of nitrogens with one attached hydrogen (secondary N) is 1. The average molecular weight is 469 g/mol. The molecule has 0 bridgehead atoms. The molecule has 0 amide bonds. The molecule has 0 radical (unpaired) electrons. The molecule has 176 valence electrons. The van der Waals surface area contributed by atoms with Crippen LogP contribution in [-0.4, -0.2) is 62.6 Å². The number of ether oxygens (including phenoxy) is 4. The van der Waals surface area contributed by atoms with Gasteiger partial charge in [0.2, 0.25) is 5.88 Å². The molecule has 1 N–H and O–H groups in total.